The van der Waals surface area contributed by atoms with Crippen LogP contribution in [0, 0.1) is 0 Å². The maximum Gasteiger partial charge on any atom is 0.331 e. The third-order valence-corrected chi connectivity index (χ3v) is 5.16. The number of likely N-dealkylation sites (tertiary alicyclic amines) is 1. The SMILES string of the molecule is O=C(c1ccc2c(c1)CCO2)N1CCC(C(=O)O)(n2cccn2)CC1. The van der Waals surface area contributed by atoms with Gasteiger partial charge in [-0.15, -0.1) is 0 Å². The minimum absolute atomic E-state index is 0.0610. The van der Waals surface area contributed by atoms with Gasteiger partial charge < -0.3 is 14.7 Å². The molecule has 0 radical (unpaired) electrons. The van der Waals surface area contributed by atoms with Gasteiger partial charge in [0, 0.05) is 50.3 Å². The molecule has 7 heteroatoms. The van der Waals surface area contributed by atoms with Crippen molar-refractivity contribution in [3.05, 3.63) is 47.8 Å². The molecule has 7 nitrogen and oxygen atoms in total. The summed E-state index contributed by atoms with van der Waals surface area (Å²) >= 11 is 0. The fourth-order valence-electron chi connectivity index (χ4n) is 3.64. The predicted octanol–water partition coefficient (Wildman–Crippen LogP) is 1.53. The number of fused-ring (bicyclic) bond motifs is 1. The lowest BCUT2D eigenvalue weighted by Gasteiger charge is -2.39. The quantitative estimate of drug-likeness (QED) is 0.915. The maximum atomic E-state index is 12.8. The number of carboxylic acids is 1. The molecule has 130 valence electrons. The number of rotatable bonds is 3. The van der Waals surface area contributed by atoms with E-state index < -0.39 is 11.5 Å². The van der Waals surface area contributed by atoms with Gasteiger partial charge in [-0.2, -0.15) is 5.10 Å². The number of nitrogens with zero attached hydrogens (tertiary/aromatic N) is 3. The van der Waals surface area contributed by atoms with Crippen molar-refractivity contribution in [1.82, 2.24) is 14.7 Å². The Bertz CT molecular complexity index is 808. The standard InChI is InChI=1S/C18H19N3O4/c22-16(14-2-3-15-13(12-14)4-11-25-15)20-9-5-18(6-10-20,17(23)24)21-8-1-7-19-21/h1-3,7-8,12H,4-6,9-11H2,(H,23,24). The fraction of sp³-hybridized carbons (Fsp3) is 0.389. The lowest BCUT2D eigenvalue weighted by atomic mass is 9.87. The molecular weight excluding hydrogens is 322 g/mol. The Balaban J connectivity index is 1.51. The van der Waals surface area contributed by atoms with Crippen LogP contribution in [-0.4, -0.2) is 51.4 Å². The van der Waals surface area contributed by atoms with E-state index in [0.717, 1.165) is 17.7 Å². The highest BCUT2D eigenvalue weighted by Crippen LogP contribution is 2.31. The molecule has 0 aliphatic carbocycles. The van der Waals surface area contributed by atoms with Crippen molar-refractivity contribution >= 4 is 11.9 Å². The average Bonchev–Trinajstić information content (AvgIpc) is 3.32. The molecule has 0 bridgehead atoms. The van der Waals surface area contributed by atoms with Crippen molar-refractivity contribution < 1.29 is 19.4 Å². The number of carboxylic acid groups (broad SMARTS) is 1. The molecule has 0 atom stereocenters. The highest BCUT2D eigenvalue weighted by atomic mass is 16.5. The lowest BCUT2D eigenvalue weighted by molar-refractivity contribution is -0.150. The highest BCUT2D eigenvalue weighted by molar-refractivity contribution is 5.95. The summed E-state index contributed by atoms with van der Waals surface area (Å²) in [5, 5.41) is 13.8. The second kappa shape index (κ2) is 5.91. The molecule has 1 aromatic heterocycles. The Hall–Kier alpha value is -2.83. The molecular formula is C18H19N3O4. The first kappa shape index (κ1) is 15.7. The summed E-state index contributed by atoms with van der Waals surface area (Å²) in [5.74, 6) is -0.120. The maximum absolute atomic E-state index is 12.8. The first-order valence-corrected chi connectivity index (χ1v) is 8.39. The largest absolute Gasteiger partial charge is 0.493 e. The second-order valence-electron chi connectivity index (χ2n) is 6.50. The van der Waals surface area contributed by atoms with Crippen LogP contribution < -0.4 is 4.74 Å². The van der Waals surface area contributed by atoms with Crippen molar-refractivity contribution in [1.29, 1.82) is 0 Å². The number of carbonyl (C=O) groups is 2. The van der Waals surface area contributed by atoms with Gasteiger partial charge in [-0.05, 0) is 29.8 Å². The topological polar surface area (TPSA) is 84.7 Å². The van der Waals surface area contributed by atoms with Crippen LogP contribution in [0.3, 0.4) is 0 Å². The van der Waals surface area contributed by atoms with Crippen LogP contribution in [0.4, 0.5) is 0 Å². The lowest BCUT2D eigenvalue weighted by Crippen LogP contribution is -2.52. The third-order valence-electron chi connectivity index (χ3n) is 5.16. The van der Waals surface area contributed by atoms with Crippen LogP contribution >= 0.6 is 0 Å². The van der Waals surface area contributed by atoms with Crippen molar-refractivity contribution in [2.24, 2.45) is 0 Å². The normalized spacial score (nSPS) is 18.5. The number of hydrogen-bond acceptors (Lipinski definition) is 4. The Kier molecular flexibility index (Phi) is 3.71. The molecule has 1 fully saturated rings. The zero-order valence-electron chi connectivity index (χ0n) is 13.7. The molecule has 25 heavy (non-hydrogen) atoms. The summed E-state index contributed by atoms with van der Waals surface area (Å²) in [6, 6.07) is 7.22. The van der Waals surface area contributed by atoms with Crippen molar-refractivity contribution in [2.45, 2.75) is 24.8 Å². The summed E-state index contributed by atoms with van der Waals surface area (Å²) in [6.45, 7) is 1.43. The number of ether oxygens (including phenoxy) is 1. The van der Waals surface area contributed by atoms with Crippen LogP contribution in [0.5, 0.6) is 5.75 Å². The molecule has 3 heterocycles. The number of aromatic nitrogens is 2. The summed E-state index contributed by atoms with van der Waals surface area (Å²) in [5.41, 5.74) is 0.608. The van der Waals surface area contributed by atoms with E-state index in [-0.39, 0.29) is 5.91 Å². The van der Waals surface area contributed by atoms with Crippen LogP contribution in [0.1, 0.15) is 28.8 Å². The molecule has 0 saturated carbocycles. The number of carbonyl (C=O) groups excluding carboxylic acids is 1. The molecule has 4 rings (SSSR count). The van der Waals surface area contributed by atoms with E-state index >= 15 is 0 Å². The van der Waals surface area contributed by atoms with Gasteiger partial charge in [-0.3, -0.25) is 9.48 Å². The van der Waals surface area contributed by atoms with Gasteiger partial charge in [-0.1, -0.05) is 0 Å². The van der Waals surface area contributed by atoms with Crippen molar-refractivity contribution in [3.63, 3.8) is 0 Å². The first-order valence-electron chi connectivity index (χ1n) is 8.39. The predicted molar refractivity (Wildman–Crippen MR) is 88.6 cm³/mol. The van der Waals surface area contributed by atoms with Crippen LogP contribution in [0.15, 0.2) is 36.7 Å². The van der Waals surface area contributed by atoms with Gasteiger partial charge in [0.25, 0.3) is 5.91 Å². The van der Waals surface area contributed by atoms with Gasteiger partial charge in [0.1, 0.15) is 5.75 Å². The third kappa shape index (κ3) is 2.56. The van der Waals surface area contributed by atoms with Crippen molar-refractivity contribution in [2.75, 3.05) is 19.7 Å². The number of aliphatic carboxylic acids is 1. The Morgan fingerprint density at radius 3 is 2.72 bits per heavy atom. The minimum Gasteiger partial charge on any atom is -0.493 e. The Labute approximate surface area is 144 Å². The fourth-order valence-corrected chi connectivity index (χ4v) is 3.64. The molecule has 1 aromatic carbocycles. The Morgan fingerprint density at radius 2 is 2.04 bits per heavy atom. The molecule has 2 aliphatic rings. The van der Waals surface area contributed by atoms with E-state index in [1.165, 1.54) is 4.68 Å². The van der Waals surface area contributed by atoms with E-state index in [1.54, 1.807) is 29.4 Å². The molecule has 1 amide bonds. The average molecular weight is 341 g/mol. The molecule has 2 aromatic rings. The highest BCUT2D eigenvalue weighted by Gasteiger charge is 2.44. The van der Waals surface area contributed by atoms with Crippen molar-refractivity contribution in [3.8, 4) is 5.75 Å². The molecule has 0 spiro atoms. The van der Waals surface area contributed by atoms with Gasteiger partial charge in [0.05, 0.1) is 6.61 Å². The number of hydrogen-bond donors (Lipinski definition) is 1. The van der Waals surface area contributed by atoms with Gasteiger partial charge in [-0.25, -0.2) is 4.79 Å². The summed E-state index contributed by atoms with van der Waals surface area (Å²) < 4.78 is 6.98. The van der Waals surface area contributed by atoms with E-state index in [1.807, 2.05) is 12.1 Å². The molecule has 0 unspecified atom stereocenters. The van der Waals surface area contributed by atoms with E-state index in [9.17, 15) is 14.7 Å². The molecule has 1 N–H and O–H groups in total. The Morgan fingerprint density at radius 1 is 1.24 bits per heavy atom. The van der Waals surface area contributed by atoms with Gasteiger partial charge in [0.2, 0.25) is 0 Å². The van der Waals surface area contributed by atoms with E-state index in [4.69, 9.17) is 4.74 Å². The summed E-state index contributed by atoms with van der Waals surface area (Å²) in [7, 11) is 0. The smallest absolute Gasteiger partial charge is 0.331 e. The van der Waals surface area contributed by atoms with Gasteiger partial charge >= 0.3 is 5.97 Å². The molecule has 2 aliphatic heterocycles. The summed E-state index contributed by atoms with van der Waals surface area (Å²) in [6.07, 6.45) is 4.74. The first-order chi connectivity index (χ1) is 12.1. The van der Waals surface area contributed by atoms with E-state index in [0.29, 0.717) is 38.1 Å². The summed E-state index contributed by atoms with van der Waals surface area (Å²) in [4.78, 5) is 26.4. The number of benzene rings is 1. The van der Waals surface area contributed by atoms with Crippen LogP contribution in [-0.2, 0) is 16.8 Å². The monoisotopic (exact) mass is 341 g/mol. The van der Waals surface area contributed by atoms with Crippen LogP contribution in [0.25, 0.3) is 0 Å². The zero-order valence-corrected chi connectivity index (χ0v) is 13.7. The minimum atomic E-state index is -1.08. The molecule has 1 saturated heterocycles. The van der Waals surface area contributed by atoms with Crippen LogP contribution in [0.2, 0.25) is 0 Å². The number of piperidine rings is 1. The second-order valence-corrected chi connectivity index (χ2v) is 6.50. The van der Waals surface area contributed by atoms with E-state index in [2.05, 4.69) is 5.10 Å². The van der Waals surface area contributed by atoms with Gasteiger partial charge in [0.15, 0.2) is 5.54 Å². The number of amides is 1. The zero-order chi connectivity index (χ0) is 17.4.